The summed E-state index contributed by atoms with van der Waals surface area (Å²) in [5.41, 5.74) is 2.68. The van der Waals surface area contributed by atoms with Gasteiger partial charge in [-0.05, 0) is 48.4 Å². The Bertz CT molecular complexity index is 1030. The summed E-state index contributed by atoms with van der Waals surface area (Å²) in [6, 6.07) is 14.8. The Kier molecular flexibility index (Phi) is 6.09. The van der Waals surface area contributed by atoms with Crippen molar-refractivity contribution in [2.24, 2.45) is 0 Å². The molecule has 1 fully saturated rings. The van der Waals surface area contributed by atoms with Crippen molar-refractivity contribution >= 4 is 29.1 Å². The van der Waals surface area contributed by atoms with Gasteiger partial charge in [0.05, 0.1) is 0 Å². The number of amides is 2. The molecule has 30 heavy (non-hydrogen) atoms. The molecule has 0 radical (unpaired) electrons. The number of carbonyl (C=O) groups is 2. The Labute approximate surface area is 179 Å². The highest BCUT2D eigenvalue weighted by Crippen LogP contribution is 2.22. The summed E-state index contributed by atoms with van der Waals surface area (Å²) in [7, 11) is 0. The van der Waals surface area contributed by atoms with Gasteiger partial charge in [-0.3, -0.25) is 9.59 Å². The number of benzene rings is 2. The third kappa shape index (κ3) is 4.86. The second kappa shape index (κ2) is 9.09. The van der Waals surface area contributed by atoms with Crippen molar-refractivity contribution in [3.8, 4) is 11.4 Å². The minimum atomic E-state index is -0.0972. The van der Waals surface area contributed by atoms with Crippen LogP contribution in [0.25, 0.3) is 11.4 Å². The lowest BCUT2D eigenvalue weighted by atomic mass is 10.2. The first-order valence-electron chi connectivity index (χ1n) is 9.83. The van der Waals surface area contributed by atoms with Gasteiger partial charge < -0.3 is 14.7 Å². The SMILES string of the molecule is O=C(CCc1nc(-c2ccc(Cl)cc2)no1)NCc1ccc(N2CCCC2=O)cc1. The monoisotopic (exact) mass is 424 g/mol. The lowest BCUT2D eigenvalue weighted by Crippen LogP contribution is -2.24. The van der Waals surface area contributed by atoms with E-state index in [1.54, 1.807) is 17.0 Å². The number of nitrogens with one attached hydrogen (secondary N) is 1. The van der Waals surface area contributed by atoms with Crippen molar-refractivity contribution in [1.29, 1.82) is 0 Å². The van der Waals surface area contributed by atoms with E-state index >= 15 is 0 Å². The summed E-state index contributed by atoms with van der Waals surface area (Å²) < 4.78 is 5.23. The van der Waals surface area contributed by atoms with E-state index in [0.29, 0.717) is 36.1 Å². The van der Waals surface area contributed by atoms with Crippen LogP contribution in [0, 0.1) is 0 Å². The van der Waals surface area contributed by atoms with E-state index in [0.717, 1.165) is 29.8 Å². The molecular weight excluding hydrogens is 404 g/mol. The molecule has 0 saturated carbocycles. The number of aromatic nitrogens is 2. The zero-order chi connectivity index (χ0) is 20.9. The summed E-state index contributed by atoms with van der Waals surface area (Å²) in [5.74, 6) is 0.949. The highest BCUT2D eigenvalue weighted by atomic mass is 35.5. The number of anilines is 1. The summed E-state index contributed by atoms with van der Waals surface area (Å²) in [5, 5.41) is 7.47. The Balaban J connectivity index is 1.24. The Morgan fingerprint density at radius 1 is 1.13 bits per heavy atom. The summed E-state index contributed by atoms with van der Waals surface area (Å²) in [6.07, 6.45) is 2.13. The first-order valence-corrected chi connectivity index (χ1v) is 10.2. The molecule has 1 aliphatic rings. The summed E-state index contributed by atoms with van der Waals surface area (Å²) in [4.78, 5) is 30.1. The lowest BCUT2D eigenvalue weighted by Gasteiger charge is -2.16. The topological polar surface area (TPSA) is 88.3 Å². The van der Waals surface area contributed by atoms with Gasteiger partial charge in [0.15, 0.2) is 0 Å². The molecule has 1 aliphatic heterocycles. The summed E-state index contributed by atoms with van der Waals surface area (Å²) in [6.45, 7) is 1.19. The molecule has 7 nitrogen and oxygen atoms in total. The standard InChI is InChI=1S/C22H21ClN4O3/c23-17-7-5-16(6-8-17)22-25-20(30-26-22)12-11-19(28)24-14-15-3-9-18(10-4-15)27-13-1-2-21(27)29/h3-10H,1-2,11-14H2,(H,24,28). The molecule has 3 aromatic rings. The molecule has 2 heterocycles. The van der Waals surface area contributed by atoms with Crippen LogP contribution in [0.2, 0.25) is 5.02 Å². The van der Waals surface area contributed by atoms with Gasteiger partial charge in [0.25, 0.3) is 0 Å². The first kappa shape index (κ1) is 20.1. The minimum absolute atomic E-state index is 0.0972. The number of aryl methyl sites for hydroxylation is 1. The fraction of sp³-hybridized carbons (Fsp3) is 0.273. The quantitative estimate of drug-likeness (QED) is 0.623. The van der Waals surface area contributed by atoms with Crippen molar-refractivity contribution in [1.82, 2.24) is 15.5 Å². The van der Waals surface area contributed by atoms with Gasteiger partial charge in [-0.2, -0.15) is 4.98 Å². The van der Waals surface area contributed by atoms with Crippen LogP contribution in [-0.2, 0) is 22.6 Å². The molecule has 154 valence electrons. The average molecular weight is 425 g/mol. The van der Waals surface area contributed by atoms with Crippen molar-refractivity contribution in [2.75, 3.05) is 11.4 Å². The molecule has 4 rings (SSSR count). The van der Waals surface area contributed by atoms with Gasteiger partial charge in [0, 0.05) is 48.6 Å². The minimum Gasteiger partial charge on any atom is -0.352 e. The Hall–Kier alpha value is -3.19. The maximum Gasteiger partial charge on any atom is 0.227 e. The third-order valence-electron chi connectivity index (χ3n) is 4.95. The third-order valence-corrected chi connectivity index (χ3v) is 5.20. The zero-order valence-electron chi connectivity index (χ0n) is 16.3. The van der Waals surface area contributed by atoms with E-state index in [-0.39, 0.29) is 18.2 Å². The molecule has 1 saturated heterocycles. The molecule has 1 N–H and O–H groups in total. The number of halogens is 1. The maximum absolute atomic E-state index is 12.2. The molecule has 0 unspecified atom stereocenters. The number of nitrogens with zero attached hydrogens (tertiary/aromatic N) is 3. The zero-order valence-corrected chi connectivity index (χ0v) is 17.1. The van der Waals surface area contributed by atoms with E-state index in [4.69, 9.17) is 16.1 Å². The smallest absolute Gasteiger partial charge is 0.227 e. The van der Waals surface area contributed by atoms with Gasteiger partial charge in [-0.15, -0.1) is 0 Å². The Morgan fingerprint density at radius 2 is 1.90 bits per heavy atom. The van der Waals surface area contributed by atoms with E-state index < -0.39 is 0 Å². The molecule has 0 atom stereocenters. The molecule has 0 aliphatic carbocycles. The van der Waals surface area contributed by atoms with Crippen LogP contribution >= 0.6 is 11.6 Å². The predicted molar refractivity (Wildman–Crippen MR) is 113 cm³/mol. The van der Waals surface area contributed by atoms with Crippen molar-refractivity contribution in [3.05, 3.63) is 65.0 Å². The number of hydrogen-bond acceptors (Lipinski definition) is 5. The van der Waals surface area contributed by atoms with E-state index in [2.05, 4.69) is 15.5 Å². The van der Waals surface area contributed by atoms with Gasteiger partial charge in [0.2, 0.25) is 23.5 Å². The number of rotatable bonds is 7. The highest BCUT2D eigenvalue weighted by molar-refractivity contribution is 6.30. The average Bonchev–Trinajstić information content (AvgIpc) is 3.41. The molecule has 0 spiro atoms. The predicted octanol–water partition coefficient (Wildman–Crippen LogP) is 3.77. The molecule has 1 aromatic heterocycles. The van der Waals surface area contributed by atoms with E-state index in [1.165, 1.54) is 0 Å². The molecule has 2 amide bonds. The molecule has 8 heteroatoms. The van der Waals surface area contributed by atoms with E-state index in [1.807, 2.05) is 36.4 Å². The maximum atomic E-state index is 12.2. The normalized spacial score (nSPS) is 13.6. The highest BCUT2D eigenvalue weighted by Gasteiger charge is 2.21. The van der Waals surface area contributed by atoms with Gasteiger partial charge in [0.1, 0.15) is 0 Å². The van der Waals surface area contributed by atoms with Crippen molar-refractivity contribution in [2.45, 2.75) is 32.2 Å². The largest absolute Gasteiger partial charge is 0.352 e. The van der Waals surface area contributed by atoms with Gasteiger partial charge in [-0.1, -0.05) is 28.9 Å². The lowest BCUT2D eigenvalue weighted by molar-refractivity contribution is -0.121. The van der Waals surface area contributed by atoms with Crippen LogP contribution in [0.4, 0.5) is 5.69 Å². The van der Waals surface area contributed by atoms with Crippen molar-refractivity contribution < 1.29 is 14.1 Å². The van der Waals surface area contributed by atoms with Crippen LogP contribution in [0.5, 0.6) is 0 Å². The fourth-order valence-corrected chi connectivity index (χ4v) is 3.42. The molecule has 0 bridgehead atoms. The van der Waals surface area contributed by atoms with E-state index in [9.17, 15) is 9.59 Å². The van der Waals surface area contributed by atoms with Gasteiger partial charge in [-0.25, -0.2) is 0 Å². The van der Waals surface area contributed by atoms with Crippen LogP contribution in [0.15, 0.2) is 53.1 Å². The number of carbonyl (C=O) groups excluding carboxylic acids is 2. The van der Waals surface area contributed by atoms with Crippen LogP contribution in [0.1, 0.15) is 30.7 Å². The molecular formula is C22H21ClN4O3. The fourth-order valence-electron chi connectivity index (χ4n) is 3.30. The second-order valence-corrected chi connectivity index (χ2v) is 7.55. The summed E-state index contributed by atoms with van der Waals surface area (Å²) >= 11 is 5.88. The van der Waals surface area contributed by atoms with Gasteiger partial charge >= 0.3 is 0 Å². The van der Waals surface area contributed by atoms with Crippen LogP contribution < -0.4 is 10.2 Å². The Morgan fingerprint density at radius 3 is 2.60 bits per heavy atom. The number of hydrogen-bond donors (Lipinski definition) is 1. The first-order chi connectivity index (χ1) is 14.6. The van der Waals surface area contributed by atoms with Crippen LogP contribution in [0.3, 0.4) is 0 Å². The molecule has 2 aromatic carbocycles. The van der Waals surface area contributed by atoms with Crippen LogP contribution in [-0.4, -0.2) is 28.5 Å². The second-order valence-electron chi connectivity index (χ2n) is 7.11. The van der Waals surface area contributed by atoms with Crippen molar-refractivity contribution in [3.63, 3.8) is 0 Å².